The van der Waals surface area contributed by atoms with Crippen molar-refractivity contribution in [1.29, 1.82) is 0 Å². The van der Waals surface area contributed by atoms with Crippen LogP contribution in [-0.2, 0) is 0 Å². The molecule has 3 aromatic rings. The molecule has 2 aromatic heterocycles. The van der Waals surface area contributed by atoms with Crippen LogP contribution in [0.2, 0.25) is 0 Å². The molecule has 0 fully saturated rings. The molecule has 1 N–H and O–H groups in total. The number of ether oxygens (including phenoxy) is 2. The average molecular weight is 430 g/mol. The van der Waals surface area contributed by atoms with E-state index in [-0.39, 0.29) is 17.1 Å². The Labute approximate surface area is 166 Å². The van der Waals surface area contributed by atoms with Crippen LogP contribution in [0.3, 0.4) is 0 Å². The summed E-state index contributed by atoms with van der Waals surface area (Å²) >= 11 is 0. The van der Waals surface area contributed by atoms with E-state index < -0.39 is 37.4 Å². The first-order chi connectivity index (χ1) is 14.1. The van der Waals surface area contributed by atoms with E-state index in [2.05, 4.69) is 19.9 Å². The minimum absolute atomic E-state index is 0.0854. The van der Waals surface area contributed by atoms with Crippen LogP contribution in [0.5, 0.6) is 11.8 Å². The number of nitrogens with one attached hydrogen (secondary N) is 1. The lowest BCUT2D eigenvalue weighted by atomic mass is 10.2. The van der Waals surface area contributed by atoms with E-state index in [1.54, 1.807) is 6.92 Å². The van der Waals surface area contributed by atoms with Crippen LogP contribution in [0, 0.1) is 6.92 Å². The normalized spacial score (nSPS) is 11.7. The topological polar surface area (TPSA) is 82.0 Å². The highest BCUT2D eigenvalue weighted by Gasteiger charge is 2.28. The number of hydrogen-bond acceptors (Lipinski definition) is 5. The molecule has 3 rings (SSSR count). The molecule has 0 amide bonds. The van der Waals surface area contributed by atoms with Gasteiger partial charge < -0.3 is 9.47 Å². The number of aromatic amines is 1. The number of H-pyrrole nitrogens is 1. The van der Waals surface area contributed by atoms with Gasteiger partial charge in [-0.15, -0.1) is 0 Å². The second-order valence-electron chi connectivity index (χ2n) is 6.11. The number of nitrogens with zero attached hydrogens (tertiary/aromatic N) is 3. The van der Waals surface area contributed by atoms with Crippen molar-refractivity contribution in [2.24, 2.45) is 0 Å². The molecule has 2 heterocycles. The molecule has 0 saturated heterocycles. The number of alkyl halides is 5. The summed E-state index contributed by atoms with van der Waals surface area (Å²) in [4.78, 5) is 16.8. The highest BCUT2D eigenvalue weighted by atomic mass is 19.4. The number of hydrogen-bond donors (Lipinski definition) is 1. The first-order valence-electron chi connectivity index (χ1n) is 8.49. The maximum absolute atomic E-state index is 12.7. The molecule has 0 aliphatic heterocycles. The van der Waals surface area contributed by atoms with Crippen molar-refractivity contribution in [1.82, 2.24) is 19.7 Å². The molecule has 0 saturated carbocycles. The molecule has 0 radical (unpaired) electrons. The van der Waals surface area contributed by atoms with Gasteiger partial charge in [-0.3, -0.25) is 9.89 Å². The van der Waals surface area contributed by atoms with Gasteiger partial charge in [0.25, 0.3) is 12.0 Å². The minimum Gasteiger partial charge on any atom is -0.484 e. The van der Waals surface area contributed by atoms with Gasteiger partial charge in [0.1, 0.15) is 5.75 Å². The molecular weight excluding hydrogens is 415 g/mol. The van der Waals surface area contributed by atoms with E-state index in [1.165, 1.54) is 36.5 Å². The Balaban J connectivity index is 1.98. The molecule has 0 unspecified atom stereocenters. The van der Waals surface area contributed by atoms with Gasteiger partial charge in [0.05, 0.1) is 17.6 Å². The van der Waals surface area contributed by atoms with Gasteiger partial charge >= 0.3 is 12.2 Å². The molecule has 0 aliphatic carbocycles. The SMILES string of the molecule is Cc1[nH]ncc1-c1cc(=O)n(-c2ccc(OCC(F)(F)F)cc2)c(OCC(F)F)n1. The first kappa shape index (κ1) is 21.3. The molecule has 12 heteroatoms. The molecular formula is C18H15F5N4O3. The highest BCUT2D eigenvalue weighted by molar-refractivity contribution is 5.61. The molecule has 0 atom stereocenters. The first-order valence-corrected chi connectivity index (χ1v) is 8.49. The summed E-state index contributed by atoms with van der Waals surface area (Å²) in [5, 5.41) is 6.51. The number of aryl methyl sites for hydroxylation is 1. The summed E-state index contributed by atoms with van der Waals surface area (Å²) in [7, 11) is 0. The summed E-state index contributed by atoms with van der Waals surface area (Å²) in [6, 6.07) is 5.75. The van der Waals surface area contributed by atoms with Crippen LogP contribution >= 0.6 is 0 Å². The van der Waals surface area contributed by atoms with Crippen LogP contribution in [0.25, 0.3) is 16.9 Å². The Hall–Kier alpha value is -3.44. The van der Waals surface area contributed by atoms with Crippen LogP contribution in [0.4, 0.5) is 22.0 Å². The third-order valence-corrected chi connectivity index (χ3v) is 3.83. The van der Waals surface area contributed by atoms with Crippen molar-refractivity contribution in [2.75, 3.05) is 13.2 Å². The van der Waals surface area contributed by atoms with Crippen LogP contribution in [0.15, 0.2) is 41.3 Å². The van der Waals surface area contributed by atoms with Crippen molar-refractivity contribution in [3.63, 3.8) is 0 Å². The lowest BCUT2D eigenvalue weighted by Crippen LogP contribution is -2.23. The zero-order valence-corrected chi connectivity index (χ0v) is 15.4. The van der Waals surface area contributed by atoms with Gasteiger partial charge in [-0.1, -0.05) is 0 Å². The van der Waals surface area contributed by atoms with Gasteiger partial charge in [0.2, 0.25) is 0 Å². The largest absolute Gasteiger partial charge is 0.484 e. The molecule has 0 spiro atoms. The maximum Gasteiger partial charge on any atom is 0.422 e. The molecule has 160 valence electrons. The monoisotopic (exact) mass is 430 g/mol. The molecule has 7 nitrogen and oxygen atoms in total. The second kappa shape index (κ2) is 8.51. The Bertz CT molecular complexity index is 1060. The van der Waals surface area contributed by atoms with Crippen molar-refractivity contribution in [3.8, 4) is 28.7 Å². The molecule has 0 aliphatic rings. The van der Waals surface area contributed by atoms with E-state index in [9.17, 15) is 26.7 Å². The van der Waals surface area contributed by atoms with Gasteiger partial charge in [-0.2, -0.15) is 23.3 Å². The predicted molar refractivity (Wildman–Crippen MR) is 95.2 cm³/mol. The highest BCUT2D eigenvalue weighted by Crippen LogP contribution is 2.24. The second-order valence-corrected chi connectivity index (χ2v) is 6.11. The lowest BCUT2D eigenvalue weighted by Gasteiger charge is -2.14. The zero-order valence-electron chi connectivity index (χ0n) is 15.4. The van der Waals surface area contributed by atoms with Gasteiger partial charge in [0.15, 0.2) is 13.2 Å². The van der Waals surface area contributed by atoms with E-state index in [0.29, 0.717) is 11.3 Å². The fraction of sp³-hybridized carbons (Fsp3) is 0.278. The summed E-state index contributed by atoms with van der Waals surface area (Å²) in [6.07, 6.45) is -5.89. The fourth-order valence-electron chi connectivity index (χ4n) is 2.54. The van der Waals surface area contributed by atoms with E-state index >= 15 is 0 Å². The zero-order chi connectivity index (χ0) is 21.9. The van der Waals surface area contributed by atoms with Crippen molar-refractivity contribution in [3.05, 3.63) is 52.6 Å². The van der Waals surface area contributed by atoms with Gasteiger partial charge in [-0.05, 0) is 31.2 Å². The van der Waals surface area contributed by atoms with E-state index in [0.717, 1.165) is 4.57 Å². The smallest absolute Gasteiger partial charge is 0.422 e. The summed E-state index contributed by atoms with van der Waals surface area (Å²) in [5.41, 5.74) is 0.750. The van der Waals surface area contributed by atoms with Crippen molar-refractivity contribution >= 4 is 0 Å². The van der Waals surface area contributed by atoms with Crippen LogP contribution in [0.1, 0.15) is 5.69 Å². The summed E-state index contributed by atoms with van der Waals surface area (Å²) in [6.45, 7) is -0.794. The Morgan fingerprint density at radius 2 is 1.87 bits per heavy atom. The van der Waals surface area contributed by atoms with E-state index in [1.807, 2.05) is 0 Å². The van der Waals surface area contributed by atoms with Gasteiger partial charge in [0, 0.05) is 17.3 Å². The molecule has 30 heavy (non-hydrogen) atoms. The standard InChI is InChI=1S/C18H15F5N4O3/c1-10-13(7-24-26-10)14-6-16(28)27(17(25-14)29-8-15(19)20)11-2-4-12(5-3-11)30-9-18(21,22)23/h2-7,15H,8-9H2,1H3,(H,24,26). The Morgan fingerprint density at radius 3 is 2.43 bits per heavy atom. The predicted octanol–water partition coefficient (Wildman–Crippen LogP) is 3.52. The third kappa shape index (κ3) is 5.13. The van der Waals surface area contributed by atoms with E-state index in [4.69, 9.17) is 4.74 Å². The Morgan fingerprint density at radius 1 is 1.17 bits per heavy atom. The molecule has 1 aromatic carbocycles. The summed E-state index contributed by atoms with van der Waals surface area (Å²) < 4.78 is 72.7. The number of halogens is 5. The van der Waals surface area contributed by atoms with Crippen LogP contribution in [-0.4, -0.2) is 45.6 Å². The third-order valence-electron chi connectivity index (χ3n) is 3.83. The van der Waals surface area contributed by atoms with Crippen molar-refractivity contribution < 1.29 is 31.4 Å². The number of rotatable bonds is 7. The average Bonchev–Trinajstić information content (AvgIpc) is 3.10. The fourth-order valence-corrected chi connectivity index (χ4v) is 2.54. The van der Waals surface area contributed by atoms with Gasteiger partial charge in [-0.25, -0.2) is 13.3 Å². The minimum atomic E-state index is -4.50. The lowest BCUT2D eigenvalue weighted by molar-refractivity contribution is -0.153. The molecule has 0 bridgehead atoms. The quantitative estimate of drug-likeness (QED) is 0.580. The van der Waals surface area contributed by atoms with Crippen molar-refractivity contribution in [2.45, 2.75) is 19.5 Å². The number of aromatic nitrogens is 4. The Kier molecular flexibility index (Phi) is 6.04. The maximum atomic E-state index is 12.7. The van der Waals surface area contributed by atoms with Crippen LogP contribution < -0.4 is 15.0 Å². The summed E-state index contributed by atoms with van der Waals surface area (Å²) in [5.74, 6) is -0.0854. The number of benzene rings is 1.